The first-order valence-electron chi connectivity index (χ1n) is 3.29. The zero-order valence-corrected chi connectivity index (χ0v) is 8.58. The second-order valence-electron chi connectivity index (χ2n) is 2.41. The van der Waals surface area contributed by atoms with Gasteiger partial charge in [-0.1, -0.05) is 34.8 Å². The second-order valence-corrected chi connectivity index (χ2v) is 3.56. The fourth-order valence-corrected chi connectivity index (χ4v) is 1.71. The summed E-state index contributed by atoms with van der Waals surface area (Å²) in [5, 5.41) is 1.01. The van der Waals surface area contributed by atoms with Gasteiger partial charge in [-0.15, -0.1) is 0 Å². The summed E-state index contributed by atoms with van der Waals surface area (Å²) in [5.74, 6) is 0. The number of hydrogen-bond donors (Lipinski definition) is 1. The molecule has 0 bridgehead atoms. The van der Waals surface area contributed by atoms with Crippen LogP contribution in [0.4, 0.5) is 0 Å². The van der Waals surface area contributed by atoms with Gasteiger partial charge >= 0.3 is 0 Å². The normalized spacial score (nSPS) is 13.1. The molecule has 5 heteroatoms. The van der Waals surface area contributed by atoms with Crippen LogP contribution in [0.2, 0.25) is 15.2 Å². The fourth-order valence-electron chi connectivity index (χ4n) is 0.873. The second kappa shape index (κ2) is 3.79. The molecular formula is C7H7Cl3N2. The van der Waals surface area contributed by atoms with Crippen LogP contribution in [0.25, 0.3) is 0 Å². The van der Waals surface area contributed by atoms with Crippen molar-refractivity contribution < 1.29 is 0 Å². The summed E-state index contributed by atoms with van der Waals surface area (Å²) in [7, 11) is 0. The maximum absolute atomic E-state index is 5.83. The van der Waals surface area contributed by atoms with Crippen LogP contribution in [0.15, 0.2) is 6.20 Å². The minimum Gasteiger partial charge on any atom is -0.324 e. The van der Waals surface area contributed by atoms with E-state index in [4.69, 9.17) is 40.5 Å². The number of rotatable bonds is 1. The van der Waals surface area contributed by atoms with Gasteiger partial charge in [0.1, 0.15) is 5.15 Å². The van der Waals surface area contributed by atoms with Crippen molar-refractivity contribution in [1.82, 2.24) is 4.98 Å². The fraction of sp³-hybridized carbons (Fsp3) is 0.286. The molecule has 1 rings (SSSR count). The van der Waals surface area contributed by atoms with E-state index in [9.17, 15) is 0 Å². The Kier molecular flexibility index (Phi) is 3.18. The van der Waals surface area contributed by atoms with E-state index in [1.807, 2.05) is 0 Å². The van der Waals surface area contributed by atoms with E-state index in [0.717, 1.165) is 0 Å². The minimum absolute atomic E-state index is 0.230. The molecule has 0 aliphatic rings. The predicted octanol–water partition coefficient (Wildman–Crippen LogP) is 3.06. The molecule has 2 N–H and O–H groups in total. The molecule has 0 fully saturated rings. The van der Waals surface area contributed by atoms with E-state index in [2.05, 4.69) is 4.98 Å². The lowest BCUT2D eigenvalue weighted by atomic mass is 10.1. The average molecular weight is 226 g/mol. The molecule has 1 heterocycles. The molecule has 0 aliphatic heterocycles. The highest BCUT2D eigenvalue weighted by Gasteiger charge is 2.13. The zero-order valence-electron chi connectivity index (χ0n) is 6.31. The Hall–Kier alpha value is -0.0200. The number of aromatic nitrogens is 1. The Balaban J connectivity index is 3.33. The zero-order chi connectivity index (χ0) is 9.30. The van der Waals surface area contributed by atoms with Crippen molar-refractivity contribution in [2.75, 3.05) is 0 Å². The Morgan fingerprint density at radius 1 is 1.42 bits per heavy atom. The van der Waals surface area contributed by atoms with Gasteiger partial charge in [0, 0.05) is 17.8 Å². The van der Waals surface area contributed by atoms with E-state index in [0.29, 0.717) is 15.6 Å². The Bertz CT molecular complexity index is 299. The van der Waals surface area contributed by atoms with Crippen LogP contribution in [0.1, 0.15) is 18.5 Å². The van der Waals surface area contributed by atoms with Crippen molar-refractivity contribution in [3.05, 3.63) is 27.0 Å². The van der Waals surface area contributed by atoms with Crippen molar-refractivity contribution in [1.29, 1.82) is 0 Å². The maximum atomic E-state index is 5.83. The summed E-state index contributed by atoms with van der Waals surface area (Å²) in [6.45, 7) is 1.78. The van der Waals surface area contributed by atoms with E-state index < -0.39 is 0 Å². The van der Waals surface area contributed by atoms with Crippen LogP contribution in [0, 0.1) is 0 Å². The summed E-state index contributed by atoms with van der Waals surface area (Å²) in [4.78, 5) is 3.77. The molecule has 0 amide bonds. The standard InChI is InChI=1S/C7H7Cl3N2/c1-3(11)5-4(8)2-12-7(10)6(5)9/h2-3H,11H2,1H3/t3-/m1/s1. The smallest absolute Gasteiger partial charge is 0.148 e. The average Bonchev–Trinajstić information content (AvgIpc) is 1.97. The third-order valence-electron chi connectivity index (χ3n) is 1.42. The molecule has 0 unspecified atom stereocenters. The highest BCUT2D eigenvalue weighted by atomic mass is 35.5. The van der Waals surface area contributed by atoms with Crippen molar-refractivity contribution in [3.8, 4) is 0 Å². The first-order valence-corrected chi connectivity index (χ1v) is 4.42. The van der Waals surface area contributed by atoms with Gasteiger partial charge in [-0.25, -0.2) is 4.98 Å². The minimum atomic E-state index is -0.245. The Labute approximate surface area is 85.6 Å². The molecule has 0 aromatic carbocycles. The van der Waals surface area contributed by atoms with Gasteiger partial charge in [-0.3, -0.25) is 0 Å². The van der Waals surface area contributed by atoms with E-state index in [1.54, 1.807) is 6.92 Å². The van der Waals surface area contributed by atoms with E-state index >= 15 is 0 Å². The molecule has 0 aliphatic carbocycles. The van der Waals surface area contributed by atoms with E-state index in [1.165, 1.54) is 6.20 Å². The predicted molar refractivity (Wildman–Crippen MR) is 51.9 cm³/mol. The van der Waals surface area contributed by atoms with Gasteiger partial charge < -0.3 is 5.73 Å². The third-order valence-corrected chi connectivity index (χ3v) is 2.49. The topological polar surface area (TPSA) is 38.9 Å². The van der Waals surface area contributed by atoms with Gasteiger partial charge in [0.25, 0.3) is 0 Å². The van der Waals surface area contributed by atoms with Crippen LogP contribution < -0.4 is 5.73 Å². The van der Waals surface area contributed by atoms with Crippen molar-refractivity contribution in [2.24, 2.45) is 5.73 Å². The van der Waals surface area contributed by atoms with Crippen LogP contribution in [0.3, 0.4) is 0 Å². The summed E-state index contributed by atoms with van der Waals surface area (Å²) >= 11 is 17.3. The number of hydrogen-bond acceptors (Lipinski definition) is 2. The Morgan fingerprint density at radius 3 is 2.42 bits per heavy atom. The molecule has 1 aromatic rings. The lowest BCUT2D eigenvalue weighted by Gasteiger charge is -2.10. The molecule has 0 saturated heterocycles. The van der Waals surface area contributed by atoms with Crippen molar-refractivity contribution in [3.63, 3.8) is 0 Å². The first-order chi connectivity index (χ1) is 5.54. The SMILES string of the molecule is C[C@@H](N)c1c(Cl)cnc(Cl)c1Cl. The van der Waals surface area contributed by atoms with Crippen LogP contribution in [0.5, 0.6) is 0 Å². The number of halogens is 3. The molecule has 2 nitrogen and oxygen atoms in total. The Morgan fingerprint density at radius 2 is 2.00 bits per heavy atom. The molecular weight excluding hydrogens is 218 g/mol. The largest absolute Gasteiger partial charge is 0.324 e. The van der Waals surface area contributed by atoms with Gasteiger partial charge in [-0.05, 0) is 6.92 Å². The number of pyridine rings is 1. The maximum Gasteiger partial charge on any atom is 0.148 e. The van der Waals surface area contributed by atoms with Gasteiger partial charge in [0.2, 0.25) is 0 Å². The summed E-state index contributed by atoms with van der Waals surface area (Å²) in [6.07, 6.45) is 1.44. The molecule has 0 saturated carbocycles. The van der Waals surface area contributed by atoms with Crippen LogP contribution in [-0.2, 0) is 0 Å². The van der Waals surface area contributed by atoms with Gasteiger partial charge in [0.05, 0.1) is 10.0 Å². The van der Waals surface area contributed by atoms with Crippen LogP contribution >= 0.6 is 34.8 Å². The summed E-state index contributed by atoms with van der Waals surface area (Å²) in [5.41, 5.74) is 6.27. The molecule has 1 atom stereocenters. The highest BCUT2D eigenvalue weighted by Crippen LogP contribution is 2.32. The van der Waals surface area contributed by atoms with Crippen molar-refractivity contribution in [2.45, 2.75) is 13.0 Å². The molecule has 66 valence electrons. The third kappa shape index (κ3) is 1.83. The molecule has 0 spiro atoms. The molecule has 12 heavy (non-hydrogen) atoms. The lowest BCUT2D eigenvalue weighted by Crippen LogP contribution is -2.07. The first kappa shape index (κ1) is 10.1. The van der Waals surface area contributed by atoms with Crippen molar-refractivity contribution >= 4 is 34.8 Å². The lowest BCUT2D eigenvalue weighted by molar-refractivity contribution is 0.816. The summed E-state index contributed by atoms with van der Waals surface area (Å²) < 4.78 is 0. The number of nitrogens with zero attached hydrogens (tertiary/aromatic N) is 1. The van der Waals surface area contributed by atoms with Gasteiger partial charge in [0.15, 0.2) is 0 Å². The van der Waals surface area contributed by atoms with Crippen LogP contribution in [-0.4, -0.2) is 4.98 Å². The highest BCUT2D eigenvalue weighted by molar-refractivity contribution is 6.43. The molecule has 1 aromatic heterocycles. The van der Waals surface area contributed by atoms with E-state index in [-0.39, 0.29) is 11.2 Å². The van der Waals surface area contributed by atoms with Gasteiger partial charge in [-0.2, -0.15) is 0 Å². The number of nitrogens with two attached hydrogens (primary N) is 1. The summed E-state index contributed by atoms with van der Waals surface area (Å²) in [6, 6.07) is -0.245. The molecule has 0 radical (unpaired) electrons. The quantitative estimate of drug-likeness (QED) is 0.746. The monoisotopic (exact) mass is 224 g/mol.